The lowest BCUT2D eigenvalue weighted by molar-refractivity contribution is 0.318. The zero-order valence-electron chi connectivity index (χ0n) is 9.35. The van der Waals surface area contributed by atoms with E-state index in [1.54, 1.807) is 6.07 Å². The van der Waals surface area contributed by atoms with Gasteiger partial charge < -0.3 is 5.21 Å². The van der Waals surface area contributed by atoms with E-state index >= 15 is 0 Å². The Hall–Kier alpha value is -1.39. The van der Waals surface area contributed by atoms with Gasteiger partial charge in [-0.15, -0.1) is 0 Å². The SMILES string of the molecule is ON=C(Cc1cccc(Cl)n1)c1cccc(Br)c1. The van der Waals surface area contributed by atoms with Gasteiger partial charge in [0, 0.05) is 22.2 Å². The smallest absolute Gasteiger partial charge is 0.129 e. The van der Waals surface area contributed by atoms with E-state index < -0.39 is 0 Å². The maximum atomic E-state index is 9.11. The number of benzene rings is 1. The molecule has 0 saturated heterocycles. The molecule has 92 valence electrons. The van der Waals surface area contributed by atoms with Crippen molar-refractivity contribution in [3.05, 3.63) is 63.3 Å². The molecule has 0 aliphatic carbocycles. The normalized spacial score (nSPS) is 11.6. The summed E-state index contributed by atoms with van der Waals surface area (Å²) in [5.74, 6) is 0. The molecule has 1 aromatic carbocycles. The molecule has 3 nitrogen and oxygen atoms in total. The second-order valence-corrected chi connectivity index (χ2v) is 4.99. The van der Waals surface area contributed by atoms with Crippen LogP contribution in [0.5, 0.6) is 0 Å². The highest BCUT2D eigenvalue weighted by Gasteiger charge is 2.07. The van der Waals surface area contributed by atoms with E-state index in [0.717, 1.165) is 15.7 Å². The molecular weight excluding hydrogens is 316 g/mol. The number of pyridine rings is 1. The molecule has 2 aromatic rings. The van der Waals surface area contributed by atoms with Gasteiger partial charge in [0.05, 0.1) is 5.71 Å². The van der Waals surface area contributed by atoms with Crippen LogP contribution in [0.25, 0.3) is 0 Å². The van der Waals surface area contributed by atoms with Crippen molar-refractivity contribution in [1.29, 1.82) is 0 Å². The first-order chi connectivity index (χ1) is 8.69. The van der Waals surface area contributed by atoms with E-state index in [2.05, 4.69) is 26.1 Å². The summed E-state index contributed by atoms with van der Waals surface area (Å²) >= 11 is 9.21. The predicted octanol–water partition coefficient (Wildman–Crippen LogP) is 3.92. The molecule has 5 heteroatoms. The Morgan fingerprint density at radius 1 is 1.28 bits per heavy atom. The van der Waals surface area contributed by atoms with Crippen LogP contribution in [0.2, 0.25) is 5.15 Å². The Morgan fingerprint density at radius 2 is 2.06 bits per heavy atom. The lowest BCUT2D eigenvalue weighted by Crippen LogP contribution is -2.06. The van der Waals surface area contributed by atoms with Gasteiger partial charge in [0.25, 0.3) is 0 Å². The Labute approximate surface area is 118 Å². The van der Waals surface area contributed by atoms with Crippen LogP contribution in [-0.2, 0) is 6.42 Å². The molecule has 0 saturated carbocycles. The number of aromatic nitrogens is 1. The first-order valence-electron chi connectivity index (χ1n) is 5.27. The van der Waals surface area contributed by atoms with E-state index in [4.69, 9.17) is 16.8 Å². The van der Waals surface area contributed by atoms with Gasteiger partial charge >= 0.3 is 0 Å². The summed E-state index contributed by atoms with van der Waals surface area (Å²) in [5, 5.41) is 12.9. The van der Waals surface area contributed by atoms with Crippen molar-refractivity contribution in [2.45, 2.75) is 6.42 Å². The van der Waals surface area contributed by atoms with E-state index in [1.165, 1.54) is 0 Å². The highest BCUT2D eigenvalue weighted by atomic mass is 79.9. The van der Waals surface area contributed by atoms with Gasteiger partial charge in [0.2, 0.25) is 0 Å². The molecule has 0 amide bonds. The summed E-state index contributed by atoms with van der Waals surface area (Å²) < 4.78 is 0.931. The number of nitrogens with zero attached hydrogens (tertiary/aromatic N) is 2. The summed E-state index contributed by atoms with van der Waals surface area (Å²) in [6.07, 6.45) is 0.424. The van der Waals surface area contributed by atoms with Crippen LogP contribution in [0.3, 0.4) is 0 Å². The summed E-state index contributed by atoms with van der Waals surface area (Å²) in [5.41, 5.74) is 2.15. The molecule has 0 aliphatic rings. The molecular formula is C13H10BrClN2O. The Balaban J connectivity index is 2.26. The van der Waals surface area contributed by atoms with Gasteiger partial charge in [-0.3, -0.25) is 0 Å². The van der Waals surface area contributed by atoms with Crippen LogP contribution >= 0.6 is 27.5 Å². The third-order valence-electron chi connectivity index (χ3n) is 2.40. The highest BCUT2D eigenvalue weighted by molar-refractivity contribution is 9.10. The van der Waals surface area contributed by atoms with Crippen LogP contribution in [-0.4, -0.2) is 15.9 Å². The molecule has 0 aliphatic heterocycles. The summed E-state index contributed by atoms with van der Waals surface area (Å²) in [4.78, 5) is 4.17. The molecule has 1 aromatic heterocycles. The molecule has 0 atom stereocenters. The number of hydrogen-bond acceptors (Lipinski definition) is 3. The van der Waals surface area contributed by atoms with Gasteiger partial charge in [0.15, 0.2) is 0 Å². The van der Waals surface area contributed by atoms with Gasteiger partial charge in [-0.05, 0) is 24.3 Å². The lowest BCUT2D eigenvalue weighted by Gasteiger charge is -2.05. The second-order valence-electron chi connectivity index (χ2n) is 3.69. The standard InChI is InChI=1S/C13H10BrClN2O/c14-10-4-1-3-9(7-10)12(17-18)8-11-5-2-6-13(15)16-11/h1-7,18H,8H2. The maximum Gasteiger partial charge on any atom is 0.129 e. The number of hydrogen-bond donors (Lipinski definition) is 1. The van der Waals surface area contributed by atoms with Crippen LogP contribution in [0, 0.1) is 0 Å². The fourth-order valence-corrected chi connectivity index (χ4v) is 2.16. The molecule has 0 spiro atoms. The van der Waals surface area contributed by atoms with E-state index in [9.17, 15) is 0 Å². The van der Waals surface area contributed by atoms with Gasteiger partial charge in [-0.25, -0.2) is 4.98 Å². The first-order valence-corrected chi connectivity index (χ1v) is 6.44. The van der Waals surface area contributed by atoms with Crippen molar-refractivity contribution >= 4 is 33.2 Å². The average Bonchev–Trinajstić information content (AvgIpc) is 2.36. The Kier molecular flexibility index (Phi) is 4.33. The number of rotatable bonds is 3. The van der Waals surface area contributed by atoms with E-state index in [-0.39, 0.29) is 0 Å². The summed E-state index contributed by atoms with van der Waals surface area (Å²) in [6, 6.07) is 12.9. The quantitative estimate of drug-likeness (QED) is 0.402. The van der Waals surface area contributed by atoms with Crippen molar-refractivity contribution in [3.63, 3.8) is 0 Å². The van der Waals surface area contributed by atoms with Crippen molar-refractivity contribution < 1.29 is 5.21 Å². The predicted molar refractivity (Wildman–Crippen MR) is 75.4 cm³/mol. The summed E-state index contributed by atoms with van der Waals surface area (Å²) in [6.45, 7) is 0. The topological polar surface area (TPSA) is 45.5 Å². The minimum Gasteiger partial charge on any atom is -0.411 e. The second kappa shape index (κ2) is 5.98. The average molecular weight is 326 g/mol. The van der Waals surface area contributed by atoms with Crippen molar-refractivity contribution in [3.8, 4) is 0 Å². The van der Waals surface area contributed by atoms with Crippen LogP contribution in [0.4, 0.5) is 0 Å². The molecule has 0 radical (unpaired) electrons. The summed E-state index contributed by atoms with van der Waals surface area (Å²) in [7, 11) is 0. The zero-order chi connectivity index (χ0) is 13.0. The largest absolute Gasteiger partial charge is 0.411 e. The monoisotopic (exact) mass is 324 g/mol. The lowest BCUT2D eigenvalue weighted by atomic mass is 10.1. The molecule has 0 unspecified atom stereocenters. The molecule has 0 bridgehead atoms. The fraction of sp³-hybridized carbons (Fsp3) is 0.0769. The number of halogens is 2. The van der Waals surface area contributed by atoms with Gasteiger partial charge in [0.1, 0.15) is 5.15 Å². The number of oxime groups is 1. The van der Waals surface area contributed by atoms with Crippen molar-refractivity contribution in [1.82, 2.24) is 4.98 Å². The highest BCUT2D eigenvalue weighted by Crippen LogP contribution is 2.15. The third-order valence-corrected chi connectivity index (χ3v) is 3.10. The van der Waals surface area contributed by atoms with Crippen LogP contribution < -0.4 is 0 Å². The van der Waals surface area contributed by atoms with E-state index in [0.29, 0.717) is 17.3 Å². The molecule has 1 heterocycles. The fourth-order valence-electron chi connectivity index (χ4n) is 1.58. The molecule has 2 rings (SSSR count). The van der Waals surface area contributed by atoms with Gasteiger partial charge in [-0.2, -0.15) is 0 Å². The van der Waals surface area contributed by atoms with E-state index in [1.807, 2.05) is 36.4 Å². The molecule has 18 heavy (non-hydrogen) atoms. The maximum absolute atomic E-state index is 9.11. The van der Waals surface area contributed by atoms with Gasteiger partial charge in [-0.1, -0.05) is 50.9 Å². The van der Waals surface area contributed by atoms with Crippen LogP contribution in [0.1, 0.15) is 11.3 Å². The van der Waals surface area contributed by atoms with Crippen molar-refractivity contribution in [2.24, 2.45) is 5.16 Å². The minimum atomic E-state index is 0.424. The Bertz CT molecular complexity index is 587. The molecule has 1 N–H and O–H groups in total. The van der Waals surface area contributed by atoms with Crippen LogP contribution in [0.15, 0.2) is 52.1 Å². The first kappa shape index (κ1) is 13.1. The molecule has 0 fully saturated rings. The third kappa shape index (κ3) is 3.31. The van der Waals surface area contributed by atoms with Crippen molar-refractivity contribution in [2.75, 3.05) is 0 Å². The zero-order valence-corrected chi connectivity index (χ0v) is 11.7. The Morgan fingerprint density at radius 3 is 2.72 bits per heavy atom. The minimum absolute atomic E-state index is 0.424.